The third kappa shape index (κ3) is 7.13. The highest BCUT2D eigenvalue weighted by Crippen LogP contribution is 1.89. The lowest BCUT2D eigenvalue weighted by atomic mass is 10.3. The summed E-state index contributed by atoms with van der Waals surface area (Å²) in [6.45, 7) is 0. The molecule has 0 fully saturated rings. The summed E-state index contributed by atoms with van der Waals surface area (Å²) in [4.78, 5) is 9.95. The fourth-order valence-corrected chi connectivity index (χ4v) is 0.460. The minimum Gasteiger partial charge on any atom is -0.481 e. The van der Waals surface area contributed by atoms with Crippen LogP contribution in [0.1, 0.15) is 12.8 Å². The summed E-state index contributed by atoms with van der Waals surface area (Å²) < 4.78 is 0. The van der Waals surface area contributed by atoms with Gasteiger partial charge in [0.05, 0.1) is 6.17 Å². The van der Waals surface area contributed by atoms with Crippen molar-refractivity contribution in [2.45, 2.75) is 19.0 Å². The van der Waals surface area contributed by atoms with Gasteiger partial charge in [-0.2, -0.15) is 0 Å². The largest absolute Gasteiger partial charge is 0.481 e. The van der Waals surface area contributed by atoms with Crippen LogP contribution >= 0.6 is 0 Å². The number of hydrogen-bond donors (Lipinski definition) is 3. The van der Waals surface area contributed by atoms with Crippen molar-refractivity contribution in [1.82, 2.24) is 0 Å². The second kappa shape index (κ2) is 4.96. The van der Waals surface area contributed by atoms with E-state index in [1.165, 1.54) is 0 Å². The molecule has 4 nitrogen and oxygen atoms in total. The van der Waals surface area contributed by atoms with Crippen LogP contribution < -0.4 is 11.5 Å². The van der Waals surface area contributed by atoms with Gasteiger partial charge in [-0.15, -0.1) is 0 Å². The first kappa shape index (κ1) is 9.13. The molecular formula is C6H12N2O2. The molecule has 4 heteroatoms. The lowest BCUT2D eigenvalue weighted by molar-refractivity contribution is -0.136. The van der Waals surface area contributed by atoms with E-state index in [0.29, 0.717) is 6.42 Å². The molecule has 0 atom stereocenters. The Morgan fingerprint density at radius 3 is 2.60 bits per heavy atom. The summed E-state index contributed by atoms with van der Waals surface area (Å²) in [6, 6.07) is 0. The Hall–Kier alpha value is -0.870. The Morgan fingerprint density at radius 2 is 2.20 bits per heavy atom. The molecule has 0 bridgehead atoms. The summed E-state index contributed by atoms with van der Waals surface area (Å²) >= 11 is 0. The second-order valence-corrected chi connectivity index (χ2v) is 1.94. The lowest BCUT2D eigenvalue weighted by Crippen LogP contribution is -2.27. The first-order chi connectivity index (χ1) is 4.63. The van der Waals surface area contributed by atoms with E-state index in [1.807, 2.05) is 0 Å². The van der Waals surface area contributed by atoms with E-state index in [2.05, 4.69) is 0 Å². The topological polar surface area (TPSA) is 89.3 Å². The van der Waals surface area contributed by atoms with Gasteiger partial charge in [0.25, 0.3) is 0 Å². The van der Waals surface area contributed by atoms with Gasteiger partial charge < -0.3 is 16.6 Å². The molecule has 0 rings (SSSR count). The molecule has 0 aromatic rings. The third-order valence-corrected chi connectivity index (χ3v) is 0.883. The summed E-state index contributed by atoms with van der Waals surface area (Å²) in [5, 5.41) is 8.18. The van der Waals surface area contributed by atoms with Gasteiger partial charge in [-0.25, -0.2) is 0 Å². The molecule has 0 amide bonds. The molecule has 0 aliphatic carbocycles. The summed E-state index contributed by atoms with van der Waals surface area (Å²) in [5.41, 5.74) is 10.3. The van der Waals surface area contributed by atoms with E-state index in [1.54, 1.807) is 12.2 Å². The van der Waals surface area contributed by atoms with Crippen molar-refractivity contribution >= 4 is 5.97 Å². The van der Waals surface area contributed by atoms with E-state index >= 15 is 0 Å². The molecule has 0 spiro atoms. The van der Waals surface area contributed by atoms with Crippen LogP contribution in [0.25, 0.3) is 0 Å². The Morgan fingerprint density at radius 1 is 1.60 bits per heavy atom. The van der Waals surface area contributed by atoms with Crippen molar-refractivity contribution in [2.75, 3.05) is 0 Å². The quantitative estimate of drug-likeness (QED) is 0.371. The van der Waals surface area contributed by atoms with Crippen LogP contribution in [0.4, 0.5) is 0 Å². The van der Waals surface area contributed by atoms with Crippen molar-refractivity contribution in [3.63, 3.8) is 0 Å². The van der Waals surface area contributed by atoms with Gasteiger partial charge in [-0.1, -0.05) is 12.2 Å². The predicted molar refractivity (Wildman–Crippen MR) is 38.2 cm³/mol. The molecular weight excluding hydrogens is 132 g/mol. The summed E-state index contributed by atoms with van der Waals surface area (Å²) in [7, 11) is 0. The molecule has 0 radical (unpaired) electrons. The third-order valence-electron chi connectivity index (χ3n) is 0.883. The molecule has 0 aromatic carbocycles. The van der Waals surface area contributed by atoms with Gasteiger partial charge in [0.15, 0.2) is 0 Å². The maximum atomic E-state index is 9.95. The van der Waals surface area contributed by atoms with Crippen LogP contribution in [0.3, 0.4) is 0 Å². The van der Waals surface area contributed by atoms with E-state index < -0.39 is 12.1 Å². The highest BCUT2D eigenvalue weighted by molar-refractivity contribution is 5.66. The Labute approximate surface area is 59.5 Å². The van der Waals surface area contributed by atoms with Crippen LogP contribution in [0.5, 0.6) is 0 Å². The lowest BCUT2D eigenvalue weighted by Gasteiger charge is -1.93. The van der Waals surface area contributed by atoms with Gasteiger partial charge >= 0.3 is 5.97 Å². The molecule has 0 saturated heterocycles. The maximum absolute atomic E-state index is 9.95. The van der Waals surface area contributed by atoms with Crippen molar-refractivity contribution in [1.29, 1.82) is 0 Å². The SMILES string of the molecule is NC(N)/C=C/CCC(=O)O. The zero-order valence-corrected chi connectivity index (χ0v) is 5.66. The van der Waals surface area contributed by atoms with E-state index in [-0.39, 0.29) is 6.42 Å². The number of aliphatic carboxylic acids is 1. The van der Waals surface area contributed by atoms with Crippen LogP contribution in [0.2, 0.25) is 0 Å². The van der Waals surface area contributed by atoms with E-state index in [0.717, 1.165) is 0 Å². The van der Waals surface area contributed by atoms with Gasteiger partial charge in [0, 0.05) is 6.42 Å². The second-order valence-electron chi connectivity index (χ2n) is 1.94. The van der Waals surface area contributed by atoms with Gasteiger partial charge in [0.1, 0.15) is 0 Å². The Balaban J connectivity index is 3.27. The summed E-state index contributed by atoms with van der Waals surface area (Å²) in [5.74, 6) is -0.810. The van der Waals surface area contributed by atoms with Crippen molar-refractivity contribution < 1.29 is 9.90 Å². The molecule has 58 valence electrons. The number of nitrogens with two attached hydrogens (primary N) is 2. The number of rotatable bonds is 4. The van der Waals surface area contributed by atoms with Crippen LogP contribution in [0.15, 0.2) is 12.2 Å². The average Bonchev–Trinajstić information content (AvgIpc) is 1.79. The maximum Gasteiger partial charge on any atom is 0.303 e. The number of carboxylic acids is 1. The molecule has 0 aliphatic heterocycles. The normalized spacial score (nSPS) is 11.1. The first-order valence-electron chi connectivity index (χ1n) is 3.02. The average molecular weight is 144 g/mol. The van der Waals surface area contributed by atoms with Crippen LogP contribution in [-0.4, -0.2) is 17.2 Å². The number of carboxylic acid groups (broad SMARTS) is 1. The van der Waals surface area contributed by atoms with Gasteiger partial charge in [-0.05, 0) is 6.42 Å². The smallest absolute Gasteiger partial charge is 0.303 e. The molecule has 0 aromatic heterocycles. The fourth-order valence-electron chi connectivity index (χ4n) is 0.460. The molecule has 5 N–H and O–H groups in total. The molecule has 0 saturated carbocycles. The highest BCUT2D eigenvalue weighted by Gasteiger charge is 1.91. The van der Waals surface area contributed by atoms with E-state index in [9.17, 15) is 4.79 Å². The number of hydrogen-bond acceptors (Lipinski definition) is 3. The fraction of sp³-hybridized carbons (Fsp3) is 0.500. The standard InChI is InChI=1S/C6H12N2O2/c7-5(8)3-1-2-4-6(9)10/h1,3,5H,2,4,7-8H2,(H,9,10)/b3-1+. The Bertz CT molecular complexity index is 132. The molecule has 10 heavy (non-hydrogen) atoms. The first-order valence-corrected chi connectivity index (χ1v) is 3.02. The predicted octanol–water partition coefficient (Wildman–Crippen LogP) is -0.349. The van der Waals surface area contributed by atoms with Gasteiger partial charge in [0.2, 0.25) is 0 Å². The van der Waals surface area contributed by atoms with Crippen molar-refractivity contribution in [2.24, 2.45) is 11.5 Å². The monoisotopic (exact) mass is 144 g/mol. The zero-order chi connectivity index (χ0) is 7.98. The number of allylic oxidation sites excluding steroid dienone is 1. The highest BCUT2D eigenvalue weighted by atomic mass is 16.4. The number of carbonyl (C=O) groups is 1. The Kier molecular flexibility index (Phi) is 4.53. The molecule has 0 heterocycles. The van der Waals surface area contributed by atoms with Gasteiger partial charge in [-0.3, -0.25) is 4.79 Å². The molecule has 0 aliphatic rings. The minimum absolute atomic E-state index is 0.128. The van der Waals surface area contributed by atoms with Crippen LogP contribution in [-0.2, 0) is 4.79 Å². The molecule has 0 unspecified atom stereocenters. The van der Waals surface area contributed by atoms with Crippen molar-refractivity contribution in [3.05, 3.63) is 12.2 Å². The summed E-state index contributed by atoms with van der Waals surface area (Å²) in [6.07, 6.45) is 3.37. The zero-order valence-electron chi connectivity index (χ0n) is 5.66. The van der Waals surface area contributed by atoms with Crippen LogP contribution in [0, 0.1) is 0 Å². The van der Waals surface area contributed by atoms with E-state index in [4.69, 9.17) is 16.6 Å². The minimum atomic E-state index is -0.810. The van der Waals surface area contributed by atoms with Crippen molar-refractivity contribution in [3.8, 4) is 0 Å².